The number of imidazole rings is 1. The van der Waals surface area contributed by atoms with Gasteiger partial charge in [-0.1, -0.05) is 30.3 Å². The largest absolute Gasteiger partial charge is 0.486 e. The molecule has 0 fully saturated rings. The second kappa shape index (κ2) is 9.05. The molecule has 0 atom stereocenters. The summed E-state index contributed by atoms with van der Waals surface area (Å²) in [6.45, 7) is 0.181. The Morgan fingerprint density at radius 2 is 1.81 bits per heavy atom. The Morgan fingerprint density at radius 3 is 2.55 bits per heavy atom. The van der Waals surface area contributed by atoms with Crippen LogP contribution >= 0.6 is 15.9 Å². The van der Waals surface area contributed by atoms with Crippen LogP contribution in [0.5, 0.6) is 5.75 Å². The summed E-state index contributed by atoms with van der Waals surface area (Å²) in [6.07, 6.45) is 1.76. The van der Waals surface area contributed by atoms with E-state index in [0.29, 0.717) is 17.3 Å². The van der Waals surface area contributed by atoms with Crippen LogP contribution in [-0.2, 0) is 25.0 Å². The van der Waals surface area contributed by atoms with E-state index in [-0.39, 0.29) is 19.1 Å². The van der Waals surface area contributed by atoms with Gasteiger partial charge in [0, 0.05) is 17.7 Å². The number of ether oxygens (including phenoxy) is 1. The van der Waals surface area contributed by atoms with Crippen LogP contribution in [0.3, 0.4) is 0 Å². The summed E-state index contributed by atoms with van der Waals surface area (Å²) >= 11 is 3.32. The van der Waals surface area contributed by atoms with Gasteiger partial charge in [0.2, 0.25) is 0 Å². The van der Waals surface area contributed by atoms with Crippen molar-refractivity contribution in [3.8, 4) is 5.75 Å². The number of aromatic nitrogens is 3. The molecular weight excluding hydrogens is 462 g/mol. The molecule has 0 aliphatic rings. The summed E-state index contributed by atoms with van der Waals surface area (Å²) in [5, 5.41) is 0. The van der Waals surface area contributed by atoms with Gasteiger partial charge < -0.3 is 13.9 Å². The van der Waals surface area contributed by atoms with Gasteiger partial charge in [0.25, 0.3) is 11.8 Å². The van der Waals surface area contributed by atoms with Crippen LogP contribution < -0.4 is 15.6 Å². The summed E-state index contributed by atoms with van der Waals surface area (Å²) in [5.74, 6) is 0.528. The van der Waals surface area contributed by atoms with E-state index in [1.807, 2.05) is 54.6 Å². The van der Waals surface area contributed by atoms with E-state index in [2.05, 4.69) is 31.8 Å². The molecule has 8 nitrogen and oxygen atoms in total. The number of hydrogen-bond acceptors (Lipinski definition) is 4. The molecule has 158 valence electrons. The van der Waals surface area contributed by atoms with Crippen LogP contribution in [0.25, 0.3) is 11.0 Å². The Balaban J connectivity index is 1.47. The highest BCUT2D eigenvalue weighted by Gasteiger charge is 2.16. The maximum atomic E-state index is 12.6. The summed E-state index contributed by atoms with van der Waals surface area (Å²) < 4.78 is 10.0. The van der Waals surface area contributed by atoms with E-state index in [1.165, 1.54) is 0 Å². The molecule has 0 aliphatic heterocycles. The fraction of sp³-hybridized carbons (Fsp3) is 0.136. The Morgan fingerprint density at radius 1 is 1.06 bits per heavy atom. The van der Waals surface area contributed by atoms with Gasteiger partial charge >= 0.3 is 0 Å². The quantitative estimate of drug-likeness (QED) is 0.413. The number of carbonyl (C=O) groups is 2. The zero-order valence-corrected chi connectivity index (χ0v) is 18.3. The predicted molar refractivity (Wildman–Crippen MR) is 119 cm³/mol. The first-order valence-electron chi connectivity index (χ1n) is 9.54. The molecule has 0 spiro atoms. The van der Waals surface area contributed by atoms with Gasteiger partial charge in [-0.15, -0.1) is 0 Å². The number of nitrogens with one attached hydrogen (secondary N) is 2. The van der Waals surface area contributed by atoms with Crippen molar-refractivity contribution >= 4 is 38.8 Å². The molecule has 4 rings (SSSR count). The number of benzene rings is 2. The number of aryl methyl sites for hydroxylation is 1. The third kappa shape index (κ3) is 4.77. The molecular formula is C22H20BrN5O3. The van der Waals surface area contributed by atoms with E-state index >= 15 is 0 Å². The Kier molecular flexibility index (Phi) is 6.03. The van der Waals surface area contributed by atoms with Crippen molar-refractivity contribution in [3.63, 3.8) is 0 Å². The molecule has 0 saturated heterocycles. The number of carbonyl (C=O) groups excluding carboxylic acids is 2. The summed E-state index contributed by atoms with van der Waals surface area (Å²) in [6, 6.07) is 18.6. The van der Waals surface area contributed by atoms with E-state index in [9.17, 15) is 9.59 Å². The highest BCUT2D eigenvalue weighted by atomic mass is 79.9. The van der Waals surface area contributed by atoms with Crippen LogP contribution in [0, 0.1) is 0 Å². The monoisotopic (exact) mass is 481 g/mol. The molecule has 2 aromatic heterocycles. The molecule has 0 aliphatic carbocycles. The van der Waals surface area contributed by atoms with Crippen LogP contribution in [-0.4, -0.2) is 25.9 Å². The van der Waals surface area contributed by atoms with Crippen molar-refractivity contribution in [1.29, 1.82) is 0 Å². The minimum atomic E-state index is -0.412. The molecule has 0 radical (unpaired) electrons. The summed E-state index contributed by atoms with van der Waals surface area (Å²) in [7, 11) is 1.75. The van der Waals surface area contributed by atoms with Crippen LogP contribution in [0.4, 0.5) is 0 Å². The van der Waals surface area contributed by atoms with Crippen molar-refractivity contribution in [2.75, 3.05) is 0 Å². The van der Waals surface area contributed by atoms with Gasteiger partial charge in [0.05, 0.1) is 11.0 Å². The highest BCUT2D eigenvalue weighted by molar-refractivity contribution is 9.10. The Labute approximate surface area is 186 Å². The Hall–Kier alpha value is -3.59. The fourth-order valence-electron chi connectivity index (χ4n) is 3.20. The highest BCUT2D eigenvalue weighted by Crippen LogP contribution is 2.18. The number of amides is 2. The van der Waals surface area contributed by atoms with E-state index in [4.69, 9.17) is 4.74 Å². The lowest BCUT2D eigenvalue weighted by molar-refractivity contribution is -0.122. The summed E-state index contributed by atoms with van der Waals surface area (Å²) in [4.78, 5) is 29.5. The molecule has 2 N–H and O–H groups in total. The molecule has 9 heteroatoms. The summed E-state index contributed by atoms with van der Waals surface area (Å²) in [5.41, 5.74) is 6.90. The number of halogens is 1. The second-order valence-corrected chi connectivity index (χ2v) is 7.78. The first-order valence-corrected chi connectivity index (χ1v) is 10.3. The van der Waals surface area contributed by atoms with Crippen molar-refractivity contribution in [2.45, 2.75) is 13.2 Å². The molecule has 0 bridgehead atoms. The topological polar surface area (TPSA) is 90.2 Å². The number of nitrogens with zero attached hydrogens (tertiary/aromatic N) is 3. The van der Waals surface area contributed by atoms with E-state index in [0.717, 1.165) is 15.5 Å². The van der Waals surface area contributed by atoms with Crippen LogP contribution in [0.2, 0.25) is 0 Å². The van der Waals surface area contributed by atoms with E-state index in [1.54, 1.807) is 28.4 Å². The number of hydrogen-bond donors (Lipinski definition) is 2. The lowest BCUT2D eigenvalue weighted by Gasteiger charge is -2.12. The zero-order chi connectivity index (χ0) is 21.8. The average Bonchev–Trinajstić information content (AvgIpc) is 3.30. The first kappa shape index (κ1) is 20.7. The van der Waals surface area contributed by atoms with Gasteiger partial charge in [-0.3, -0.25) is 20.4 Å². The molecule has 2 amide bonds. The Bertz CT molecular complexity index is 1230. The van der Waals surface area contributed by atoms with E-state index < -0.39 is 5.91 Å². The minimum Gasteiger partial charge on any atom is -0.486 e. The normalized spacial score (nSPS) is 10.8. The standard InChI is InChI=1S/C22H20BrN5O3/c1-27-12-15(23)11-19(27)22(30)26-25-21(29)13-28-18-10-6-5-9-17(18)24-20(28)14-31-16-7-3-2-4-8-16/h2-12H,13-14H2,1H3,(H,25,29)(H,26,30). The van der Waals surface area contributed by atoms with Gasteiger partial charge in [0.1, 0.15) is 30.4 Å². The maximum Gasteiger partial charge on any atom is 0.286 e. The van der Waals surface area contributed by atoms with Gasteiger partial charge in [-0.2, -0.15) is 0 Å². The third-order valence-electron chi connectivity index (χ3n) is 4.67. The number of rotatable bonds is 6. The van der Waals surface area contributed by atoms with Gasteiger partial charge in [-0.05, 0) is 46.3 Å². The minimum absolute atomic E-state index is 0.0227. The molecule has 0 unspecified atom stereocenters. The lowest BCUT2D eigenvalue weighted by atomic mass is 10.3. The van der Waals surface area contributed by atoms with Crippen molar-refractivity contribution in [1.82, 2.24) is 25.0 Å². The maximum absolute atomic E-state index is 12.6. The zero-order valence-electron chi connectivity index (χ0n) is 16.7. The molecule has 0 saturated carbocycles. The predicted octanol–water partition coefficient (Wildman–Crippen LogP) is 3.18. The lowest BCUT2D eigenvalue weighted by Crippen LogP contribution is -2.43. The number of para-hydroxylation sites is 3. The SMILES string of the molecule is Cn1cc(Br)cc1C(=O)NNC(=O)Cn1c(COc2ccccc2)nc2ccccc21. The number of fused-ring (bicyclic) bond motifs is 1. The molecule has 4 aromatic rings. The smallest absolute Gasteiger partial charge is 0.286 e. The van der Waals surface area contributed by atoms with Crippen molar-refractivity contribution in [3.05, 3.63) is 82.9 Å². The van der Waals surface area contributed by atoms with Crippen molar-refractivity contribution < 1.29 is 14.3 Å². The third-order valence-corrected chi connectivity index (χ3v) is 5.10. The fourth-order valence-corrected chi connectivity index (χ4v) is 3.72. The average molecular weight is 482 g/mol. The van der Waals surface area contributed by atoms with Gasteiger partial charge in [0.15, 0.2) is 0 Å². The number of hydrazine groups is 1. The van der Waals surface area contributed by atoms with Crippen LogP contribution in [0.15, 0.2) is 71.3 Å². The molecule has 31 heavy (non-hydrogen) atoms. The van der Waals surface area contributed by atoms with Gasteiger partial charge in [-0.25, -0.2) is 4.98 Å². The molecule has 2 heterocycles. The van der Waals surface area contributed by atoms with Crippen molar-refractivity contribution in [2.24, 2.45) is 7.05 Å². The molecule has 2 aromatic carbocycles. The second-order valence-electron chi connectivity index (χ2n) is 6.86. The first-order chi connectivity index (χ1) is 15.0. The van der Waals surface area contributed by atoms with Crippen LogP contribution in [0.1, 0.15) is 16.3 Å².